The van der Waals surface area contributed by atoms with Crippen LogP contribution >= 0.6 is 11.8 Å². The van der Waals surface area contributed by atoms with E-state index in [-0.39, 0.29) is 53.6 Å². The van der Waals surface area contributed by atoms with Crippen molar-refractivity contribution in [3.05, 3.63) is 95.1 Å². The highest BCUT2D eigenvalue weighted by Gasteiger charge is 2.79. The average Bonchev–Trinajstić information content (AvgIpc) is 3.24. The van der Waals surface area contributed by atoms with E-state index in [1.165, 1.54) is 35.0 Å². The summed E-state index contributed by atoms with van der Waals surface area (Å²) < 4.78 is 143. The van der Waals surface area contributed by atoms with Gasteiger partial charge >= 0.3 is 11.7 Å². The van der Waals surface area contributed by atoms with Crippen molar-refractivity contribution < 1.29 is 52.7 Å². The van der Waals surface area contributed by atoms with Gasteiger partial charge in [0.2, 0.25) is 0 Å². The molecule has 0 spiro atoms. The number of sulfone groups is 2. The number of carbonyl (C=O) groups excluding carboxylic acids is 1. The van der Waals surface area contributed by atoms with E-state index in [0.717, 1.165) is 61.6 Å². The lowest BCUT2D eigenvalue weighted by Gasteiger charge is -2.72. The molecule has 9 rings (SSSR count). The average molecular weight is 996 g/mol. The maximum Gasteiger partial charge on any atom is 0.501 e. The van der Waals surface area contributed by atoms with E-state index in [1.807, 2.05) is 30.3 Å². The smallest absolute Gasteiger partial charge is 0.379 e. The fraction of sp³-hybridized carbons (Fsp3) is 0.571. The molecule has 0 unspecified atom stereocenters. The molecule has 6 aliphatic rings. The van der Waals surface area contributed by atoms with Gasteiger partial charge in [-0.25, -0.2) is 16.8 Å². The van der Waals surface area contributed by atoms with E-state index in [1.54, 1.807) is 12.1 Å². The maximum absolute atomic E-state index is 14.2. The van der Waals surface area contributed by atoms with E-state index in [9.17, 15) is 48.0 Å². The Labute approximate surface area is 394 Å². The van der Waals surface area contributed by atoms with Crippen molar-refractivity contribution in [2.24, 2.45) is 22.2 Å². The third-order valence-corrected chi connectivity index (χ3v) is 19.2. The van der Waals surface area contributed by atoms with Crippen LogP contribution in [-0.4, -0.2) is 121 Å². The largest absolute Gasteiger partial charge is 0.501 e. The highest BCUT2D eigenvalue weighted by atomic mass is 32.2. The first-order valence-electron chi connectivity index (χ1n) is 23.0. The first-order chi connectivity index (χ1) is 31.5. The molecule has 3 aromatic carbocycles. The number of thioether (sulfide) groups is 1. The normalized spacial score (nSPS) is 24.5. The van der Waals surface area contributed by atoms with Gasteiger partial charge in [0, 0.05) is 67.7 Å². The molecule has 18 heteroatoms. The van der Waals surface area contributed by atoms with Crippen LogP contribution in [0.5, 0.6) is 0 Å². The van der Waals surface area contributed by atoms with Gasteiger partial charge in [0.05, 0.1) is 28.4 Å². The van der Waals surface area contributed by atoms with E-state index in [4.69, 9.17) is 4.74 Å². The lowest BCUT2D eigenvalue weighted by Crippen LogP contribution is -2.69. The minimum atomic E-state index is -5.99. The standard InChI is InChI=1S/C49H59F6N3O6S3/c1-45(2)16-14-42(46-32-47(33-46,34-46)48(50,51)52)38(28-45)29-57-18-20-58(21-19-57)39-11-8-36(9-12-39)43(59)31-66(60,61)41-13-10-37(44(27-41)67(62,63)49(53,54)55)26-35(15-17-56-22-24-64-25-23-56)30-65-40-6-4-3-5-7-40/h3-13,27,35H,14-26,28-34H2,1-2H3/t35-,46?,47?/m0/s1. The molecule has 3 aromatic rings. The van der Waals surface area contributed by atoms with E-state index >= 15 is 0 Å². The van der Waals surface area contributed by atoms with Gasteiger partial charge in [-0.2, -0.15) is 26.3 Å². The number of halogens is 6. The number of benzene rings is 3. The molecule has 2 bridgehead atoms. The number of allylic oxidation sites excluding steroid dienone is 1. The van der Waals surface area contributed by atoms with Crippen LogP contribution in [0.25, 0.3) is 0 Å². The van der Waals surface area contributed by atoms with Gasteiger partial charge in [-0.1, -0.05) is 49.3 Å². The molecule has 2 saturated heterocycles. The molecule has 2 aliphatic heterocycles. The minimum absolute atomic E-state index is 0.0532. The summed E-state index contributed by atoms with van der Waals surface area (Å²) in [5.74, 6) is -1.68. The zero-order valence-electron chi connectivity index (χ0n) is 37.9. The fourth-order valence-corrected chi connectivity index (χ4v) is 14.4. The molecular formula is C49H59F6N3O6S3. The number of ketones is 1. The van der Waals surface area contributed by atoms with Crippen LogP contribution in [0.15, 0.2) is 98.6 Å². The lowest BCUT2D eigenvalue weighted by molar-refractivity contribution is -0.353. The molecule has 5 fully saturated rings. The van der Waals surface area contributed by atoms with Crippen molar-refractivity contribution in [3.63, 3.8) is 0 Å². The summed E-state index contributed by atoms with van der Waals surface area (Å²) in [5.41, 5.74) is -4.10. The molecule has 2 heterocycles. The molecule has 67 heavy (non-hydrogen) atoms. The van der Waals surface area contributed by atoms with Crippen LogP contribution < -0.4 is 4.90 Å². The molecule has 366 valence electrons. The van der Waals surface area contributed by atoms with Crippen molar-refractivity contribution in [1.29, 1.82) is 0 Å². The van der Waals surface area contributed by atoms with Crippen molar-refractivity contribution in [1.82, 2.24) is 9.80 Å². The topological polar surface area (TPSA) is 104 Å². The third-order valence-electron chi connectivity index (χ3n) is 14.8. The van der Waals surface area contributed by atoms with Crippen molar-refractivity contribution >= 4 is 42.9 Å². The van der Waals surface area contributed by atoms with Gasteiger partial charge in [-0.05, 0) is 129 Å². The molecule has 1 atom stereocenters. The monoisotopic (exact) mass is 995 g/mol. The third kappa shape index (κ3) is 10.8. The highest BCUT2D eigenvalue weighted by molar-refractivity contribution is 7.99. The van der Waals surface area contributed by atoms with Crippen LogP contribution in [0.3, 0.4) is 0 Å². The Morgan fingerprint density at radius 3 is 2.10 bits per heavy atom. The van der Waals surface area contributed by atoms with Crippen LogP contribution in [0.2, 0.25) is 0 Å². The Morgan fingerprint density at radius 1 is 0.821 bits per heavy atom. The summed E-state index contributed by atoms with van der Waals surface area (Å²) in [6.07, 6.45) is -0.309. The number of carbonyl (C=O) groups is 1. The second-order valence-electron chi connectivity index (χ2n) is 20.2. The number of rotatable bonds is 17. The van der Waals surface area contributed by atoms with Crippen LogP contribution in [0, 0.1) is 22.2 Å². The van der Waals surface area contributed by atoms with Crippen molar-refractivity contribution in [2.75, 3.05) is 82.0 Å². The number of nitrogens with zero attached hydrogens (tertiary/aromatic N) is 3. The summed E-state index contributed by atoms with van der Waals surface area (Å²) in [7, 11) is -10.6. The summed E-state index contributed by atoms with van der Waals surface area (Å²) in [6, 6.07) is 18.7. The molecule has 0 radical (unpaired) electrons. The molecule has 0 N–H and O–H groups in total. The van der Waals surface area contributed by atoms with E-state index < -0.39 is 58.1 Å². The second-order valence-corrected chi connectivity index (χ2v) is 25.2. The van der Waals surface area contributed by atoms with Gasteiger partial charge < -0.3 is 9.64 Å². The first-order valence-corrected chi connectivity index (χ1v) is 27.1. The summed E-state index contributed by atoms with van der Waals surface area (Å²) >= 11 is 1.51. The number of hydrogen-bond acceptors (Lipinski definition) is 10. The zero-order valence-corrected chi connectivity index (χ0v) is 40.4. The van der Waals surface area contributed by atoms with Crippen molar-refractivity contribution in [3.8, 4) is 0 Å². The summed E-state index contributed by atoms with van der Waals surface area (Å²) in [5, 5.41) is 0. The first kappa shape index (κ1) is 50.0. The number of ether oxygens (including phenoxy) is 1. The Hall–Kier alpha value is -3.42. The zero-order chi connectivity index (χ0) is 48.0. The van der Waals surface area contributed by atoms with Gasteiger partial charge in [-0.3, -0.25) is 14.6 Å². The molecule has 9 nitrogen and oxygen atoms in total. The number of hydrogen-bond donors (Lipinski definition) is 0. The van der Waals surface area contributed by atoms with Gasteiger partial charge in [-0.15, -0.1) is 11.8 Å². The predicted molar refractivity (Wildman–Crippen MR) is 247 cm³/mol. The van der Waals surface area contributed by atoms with Gasteiger partial charge in [0.25, 0.3) is 9.84 Å². The second kappa shape index (κ2) is 19.1. The summed E-state index contributed by atoms with van der Waals surface area (Å²) in [6.45, 7) is 11.1. The highest BCUT2D eigenvalue weighted by Crippen LogP contribution is 2.82. The molecular weight excluding hydrogens is 937 g/mol. The number of alkyl halides is 6. The van der Waals surface area contributed by atoms with Crippen LogP contribution in [0.1, 0.15) is 74.7 Å². The number of morpholine rings is 1. The Balaban J connectivity index is 0.917. The maximum atomic E-state index is 14.2. The number of piperazine rings is 1. The number of anilines is 1. The van der Waals surface area contributed by atoms with Gasteiger partial charge in [0.15, 0.2) is 15.6 Å². The Kier molecular flexibility index (Phi) is 14.2. The van der Waals surface area contributed by atoms with Gasteiger partial charge in [0.1, 0.15) is 5.75 Å². The lowest BCUT2D eigenvalue weighted by atomic mass is 9.32. The van der Waals surface area contributed by atoms with E-state index in [2.05, 4.69) is 28.5 Å². The van der Waals surface area contributed by atoms with E-state index in [0.29, 0.717) is 64.2 Å². The van der Waals surface area contributed by atoms with Crippen LogP contribution in [0.4, 0.5) is 32.0 Å². The van der Waals surface area contributed by atoms with Crippen molar-refractivity contribution in [2.45, 2.75) is 91.6 Å². The molecule has 3 saturated carbocycles. The number of Topliss-reactive ketones (excluding diaryl/α,β-unsaturated/α-hetero) is 1. The quantitative estimate of drug-likeness (QED) is 0.0562. The summed E-state index contributed by atoms with van der Waals surface area (Å²) in [4.78, 5) is 19.3. The fourth-order valence-electron chi connectivity index (χ4n) is 11.0. The minimum Gasteiger partial charge on any atom is -0.379 e. The SMILES string of the molecule is CC1(C)CCC(C23CC(C(F)(F)F)(C2)C3)=C(CN2CCN(c3ccc(C(=O)CS(=O)(=O)c4ccc(C[C@H](CCN5CCOCC5)CSc5ccccc5)c(S(=O)(=O)C(F)(F)F)c4)cc3)CC2)C1. The predicted octanol–water partition coefficient (Wildman–Crippen LogP) is 9.67. The molecule has 0 amide bonds. The Bertz CT molecular complexity index is 2520. The molecule has 4 aliphatic carbocycles. The molecule has 0 aromatic heterocycles. The van der Waals surface area contributed by atoms with Crippen LogP contribution in [-0.2, 0) is 30.8 Å². The Morgan fingerprint density at radius 2 is 1.48 bits per heavy atom.